The van der Waals surface area contributed by atoms with Crippen LogP contribution in [0.25, 0.3) is 0 Å². The van der Waals surface area contributed by atoms with Crippen LogP contribution in [0.2, 0.25) is 0 Å². The number of aryl methyl sites for hydroxylation is 2. The summed E-state index contributed by atoms with van der Waals surface area (Å²) in [5.41, 5.74) is 1.50. The molecule has 6 heteroatoms. The molecule has 0 saturated heterocycles. The molecule has 0 bridgehead atoms. The number of rotatable bonds is 5. The zero-order valence-electron chi connectivity index (χ0n) is 11.7. The molecule has 1 rings (SSSR count). The summed E-state index contributed by atoms with van der Waals surface area (Å²) >= 11 is 0. The number of nitrogens with one attached hydrogen (secondary N) is 1. The highest BCUT2D eigenvalue weighted by molar-refractivity contribution is 5.95. The van der Waals surface area contributed by atoms with Crippen LogP contribution in [0.15, 0.2) is 12.1 Å². The van der Waals surface area contributed by atoms with Crippen LogP contribution < -0.4 is 10.1 Å². The first-order chi connectivity index (χ1) is 9.25. The number of alkyl halides is 3. The molecule has 0 unspecified atom stereocenters. The molecule has 0 fully saturated rings. The predicted molar refractivity (Wildman–Crippen MR) is 71.0 cm³/mol. The van der Waals surface area contributed by atoms with Crippen molar-refractivity contribution in [3.8, 4) is 5.75 Å². The standard InChI is InChI=1S/C14H18F3NO2/c1-4-5-6-20-12-9(2)7-11(8-10(12)3)18-13(19)14(15,16)17/h7-8H,4-6H2,1-3H3,(H,18,19). The lowest BCUT2D eigenvalue weighted by Gasteiger charge is -2.15. The van der Waals surface area contributed by atoms with E-state index in [0.717, 1.165) is 12.8 Å². The smallest absolute Gasteiger partial charge is 0.471 e. The largest absolute Gasteiger partial charge is 0.493 e. The second-order valence-corrected chi connectivity index (χ2v) is 4.59. The average Bonchev–Trinajstić information content (AvgIpc) is 2.31. The van der Waals surface area contributed by atoms with Gasteiger partial charge >= 0.3 is 12.1 Å². The van der Waals surface area contributed by atoms with Crippen LogP contribution in [0, 0.1) is 13.8 Å². The number of anilines is 1. The van der Waals surface area contributed by atoms with Gasteiger partial charge in [-0.25, -0.2) is 0 Å². The molecule has 1 aromatic rings. The van der Waals surface area contributed by atoms with E-state index in [1.165, 1.54) is 12.1 Å². The van der Waals surface area contributed by atoms with Crippen molar-refractivity contribution in [2.75, 3.05) is 11.9 Å². The first-order valence-electron chi connectivity index (χ1n) is 6.38. The summed E-state index contributed by atoms with van der Waals surface area (Å²) in [6.45, 7) is 6.07. The Balaban J connectivity index is 2.85. The second kappa shape index (κ2) is 6.63. The number of benzene rings is 1. The minimum atomic E-state index is -4.89. The number of hydrogen-bond donors (Lipinski definition) is 1. The van der Waals surface area contributed by atoms with Crippen LogP contribution in [-0.4, -0.2) is 18.7 Å². The fraction of sp³-hybridized carbons (Fsp3) is 0.500. The maximum Gasteiger partial charge on any atom is 0.471 e. The number of carbonyl (C=O) groups is 1. The van der Waals surface area contributed by atoms with Gasteiger partial charge in [-0.3, -0.25) is 4.79 Å². The molecule has 112 valence electrons. The van der Waals surface area contributed by atoms with E-state index in [1.807, 2.05) is 12.2 Å². The van der Waals surface area contributed by atoms with Gasteiger partial charge < -0.3 is 10.1 Å². The molecule has 0 saturated carbocycles. The van der Waals surface area contributed by atoms with Crippen molar-refractivity contribution in [2.45, 2.75) is 39.8 Å². The molecule has 20 heavy (non-hydrogen) atoms. The zero-order chi connectivity index (χ0) is 15.3. The van der Waals surface area contributed by atoms with E-state index >= 15 is 0 Å². The summed E-state index contributed by atoms with van der Waals surface area (Å²) < 4.78 is 42.2. The number of hydrogen-bond acceptors (Lipinski definition) is 2. The van der Waals surface area contributed by atoms with Gasteiger partial charge in [0.1, 0.15) is 5.75 Å². The van der Waals surface area contributed by atoms with Crippen molar-refractivity contribution in [3.05, 3.63) is 23.3 Å². The van der Waals surface area contributed by atoms with E-state index in [2.05, 4.69) is 0 Å². The van der Waals surface area contributed by atoms with Gasteiger partial charge in [0.2, 0.25) is 0 Å². The van der Waals surface area contributed by atoms with Crippen molar-refractivity contribution in [1.29, 1.82) is 0 Å². The fourth-order valence-electron chi connectivity index (χ4n) is 1.77. The van der Waals surface area contributed by atoms with Crippen molar-refractivity contribution in [2.24, 2.45) is 0 Å². The van der Waals surface area contributed by atoms with Crippen LogP contribution in [-0.2, 0) is 4.79 Å². The Morgan fingerprint density at radius 1 is 1.25 bits per heavy atom. The topological polar surface area (TPSA) is 38.3 Å². The van der Waals surface area contributed by atoms with Gasteiger partial charge in [0.15, 0.2) is 0 Å². The third kappa shape index (κ3) is 4.43. The molecule has 3 nitrogen and oxygen atoms in total. The molecular formula is C14H18F3NO2. The number of amides is 1. The Labute approximate surface area is 116 Å². The monoisotopic (exact) mass is 289 g/mol. The molecule has 0 aliphatic carbocycles. The highest BCUT2D eigenvalue weighted by atomic mass is 19.4. The van der Waals surface area contributed by atoms with E-state index in [4.69, 9.17) is 4.74 Å². The van der Waals surface area contributed by atoms with E-state index in [9.17, 15) is 18.0 Å². The van der Waals surface area contributed by atoms with Crippen LogP contribution in [0.5, 0.6) is 5.75 Å². The molecule has 0 radical (unpaired) electrons. The average molecular weight is 289 g/mol. The number of carbonyl (C=O) groups excluding carboxylic acids is 1. The first-order valence-corrected chi connectivity index (χ1v) is 6.38. The van der Waals surface area contributed by atoms with Crippen LogP contribution >= 0.6 is 0 Å². The second-order valence-electron chi connectivity index (χ2n) is 4.59. The lowest BCUT2D eigenvalue weighted by Crippen LogP contribution is -2.30. The molecule has 0 aliphatic rings. The lowest BCUT2D eigenvalue weighted by molar-refractivity contribution is -0.167. The van der Waals surface area contributed by atoms with E-state index in [0.29, 0.717) is 23.5 Å². The van der Waals surface area contributed by atoms with E-state index in [1.54, 1.807) is 13.8 Å². The van der Waals surface area contributed by atoms with Gasteiger partial charge in [0, 0.05) is 5.69 Å². The number of unbranched alkanes of at least 4 members (excludes halogenated alkanes) is 1. The van der Waals surface area contributed by atoms with Crippen molar-refractivity contribution < 1.29 is 22.7 Å². The van der Waals surface area contributed by atoms with Crippen LogP contribution in [0.1, 0.15) is 30.9 Å². The van der Waals surface area contributed by atoms with Crippen molar-refractivity contribution in [3.63, 3.8) is 0 Å². The Hall–Kier alpha value is -1.72. The third-order valence-corrected chi connectivity index (χ3v) is 2.72. The Morgan fingerprint density at radius 3 is 2.25 bits per heavy atom. The third-order valence-electron chi connectivity index (χ3n) is 2.72. The Bertz CT molecular complexity index is 461. The maximum atomic E-state index is 12.2. The molecule has 1 N–H and O–H groups in total. The molecule has 0 aliphatic heterocycles. The normalized spacial score (nSPS) is 11.3. The SMILES string of the molecule is CCCCOc1c(C)cc(NC(=O)C(F)(F)F)cc1C. The summed E-state index contributed by atoms with van der Waals surface area (Å²) in [5, 5.41) is 1.84. The summed E-state index contributed by atoms with van der Waals surface area (Å²) in [5.74, 6) is -1.32. The van der Waals surface area contributed by atoms with Crippen molar-refractivity contribution in [1.82, 2.24) is 0 Å². The molecule has 1 amide bonds. The van der Waals surface area contributed by atoms with Crippen LogP contribution in [0.4, 0.5) is 18.9 Å². The van der Waals surface area contributed by atoms with E-state index < -0.39 is 12.1 Å². The lowest BCUT2D eigenvalue weighted by atomic mass is 10.1. The molecule has 0 heterocycles. The van der Waals surface area contributed by atoms with Gasteiger partial charge in [0.25, 0.3) is 0 Å². The van der Waals surface area contributed by atoms with Crippen LogP contribution in [0.3, 0.4) is 0 Å². The maximum absolute atomic E-state index is 12.2. The Morgan fingerprint density at radius 2 is 1.80 bits per heavy atom. The predicted octanol–water partition coefficient (Wildman–Crippen LogP) is 3.98. The summed E-state index contributed by atoms with van der Waals surface area (Å²) in [6.07, 6.45) is -2.98. The molecule has 1 aromatic carbocycles. The van der Waals surface area contributed by atoms with Gasteiger partial charge in [-0.05, 0) is 43.5 Å². The highest BCUT2D eigenvalue weighted by Gasteiger charge is 2.38. The van der Waals surface area contributed by atoms with Gasteiger partial charge in [-0.15, -0.1) is 0 Å². The van der Waals surface area contributed by atoms with Gasteiger partial charge in [-0.1, -0.05) is 13.3 Å². The molecule has 0 atom stereocenters. The van der Waals surface area contributed by atoms with Crippen molar-refractivity contribution >= 4 is 11.6 Å². The molecule has 0 spiro atoms. The summed E-state index contributed by atoms with van der Waals surface area (Å²) in [4.78, 5) is 10.9. The summed E-state index contributed by atoms with van der Waals surface area (Å²) in [7, 11) is 0. The van der Waals surface area contributed by atoms with Gasteiger partial charge in [0.05, 0.1) is 6.61 Å². The number of halogens is 3. The minimum Gasteiger partial charge on any atom is -0.493 e. The van der Waals surface area contributed by atoms with E-state index in [-0.39, 0.29) is 5.69 Å². The molecule has 0 aromatic heterocycles. The number of ether oxygens (including phenoxy) is 1. The quantitative estimate of drug-likeness (QED) is 0.832. The summed E-state index contributed by atoms with van der Waals surface area (Å²) in [6, 6.07) is 2.94. The Kier molecular flexibility index (Phi) is 5.42. The fourth-order valence-corrected chi connectivity index (χ4v) is 1.77. The van der Waals surface area contributed by atoms with Gasteiger partial charge in [-0.2, -0.15) is 13.2 Å². The minimum absolute atomic E-state index is 0.116. The highest BCUT2D eigenvalue weighted by Crippen LogP contribution is 2.28. The first kappa shape index (κ1) is 16.3. The zero-order valence-corrected chi connectivity index (χ0v) is 11.7. The molecular weight excluding hydrogens is 271 g/mol.